The van der Waals surface area contributed by atoms with E-state index >= 15 is 0 Å². The minimum atomic E-state index is 0.315. The molecule has 0 aromatic carbocycles. The van der Waals surface area contributed by atoms with Crippen LogP contribution in [0.2, 0.25) is 0 Å². The highest BCUT2D eigenvalue weighted by Gasteiger charge is 2.28. The molecule has 0 aromatic heterocycles. The lowest BCUT2D eigenvalue weighted by atomic mass is 9.93. The maximum atomic E-state index is 4.12. The first-order valence-corrected chi connectivity index (χ1v) is 12.8. The molecule has 0 aliphatic heterocycles. The van der Waals surface area contributed by atoms with Crippen LogP contribution in [0.25, 0.3) is 0 Å². The predicted octanol–water partition coefficient (Wildman–Crippen LogP) is 5.12. The molecule has 4 heteroatoms. The lowest BCUT2D eigenvalue weighted by molar-refractivity contribution is 0.131. The molecular weight excluding hydrogens is 358 g/mol. The smallest absolute Gasteiger partial charge is 0.101 e. The Morgan fingerprint density at radius 2 is 1.00 bits per heavy atom. The maximum Gasteiger partial charge on any atom is 0.101 e. The zero-order valence-electron chi connectivity index (χ0n) is 18.8. The number of hydrogen-bond donors (Lipinski definition) is 0. The molecule has 1 unspecified atom stereocenters. The first kappa shape index (κ1) is 22.2. The van der Waals surface area contributed by atoms with Crippen molar-refractivity contribution in [1.82, 2.24) is 14.7 Å². The van der Waals surface area contributed by atoms with Crippen LogP contribution >= 0.6 is 0 Å². The molecule has 28 heavy (non-hydrogen) atoms. The van der Waals surface area contributed by atoms with Gasteiger partial charge in [0.25, 0.3) is 0 Å². The van der Waals surface area contributed by atoms with Crippen LogP contribution in [0.3, 0.4) is 0 Å². The molecule has 0 bridgehead atoms. The van der Waals surface area contributed by atoms with Gasteiger partial charge >= 0.3 is 0 Å². The number of hydrogen-bond acceptors (Lipinski definition) is 3. The minimum Gasteiger partial charge on any atom is -0.359 e. The van der Waals surface area contributed by atoms with Crippen molar-refractivity contribution in [2.24, 2.45) is 0 Å². The van der Waals surface area contributed by atoms with Gasteiger partial charge in [-0.3, -0.25) is 0 Å². The van der Waals surface area contributed by atoms with Crippen LogP contribution in [0.1, 0.15) is 96.3 Å². The van der Waals surface area contributed by atoms with Crippen molar-refractivity contribution in [3.63, 3.8) is 0 Å². The van der Waals surface area contributed by atoms with Crippen molar-refractivity contribution < 1.29 is 0 Å². The van der Waals surface area contributed by atoms with E-state index in [1.807, 2.05) is 0 Å². The SMILES string of the molecule is CN(C(=CC([Si])N(C)C1CCCCC1)N(C)C1CCCCC1)C1CCCCC1. The third-order valence-corrected chi connectivity index (χ3v) is 8.44. The fraction of sp³-hybridized carbons (Fsp3) is 0.917. The van der Waals surface area contributed by atoms with Crippen molar-refractivity contribution >= 4 is 10.2 Å². The van der Waals surface area contributed by atoms with E-state index in [4.69, 9.17) is 0 Å². The van der Waals surface area contributed by atoms with Crippen LogP contribution in [-0.2, 0) is 0 Å². The fourth-order valence-corrected chi connectivity index (χ4v) is 6.13. The zero-order chi connectivity index (χ0) is 19.9. The van der Waals surface area contributed by atoms with Crippen LogP contribution < -0.4 is 0 Å². The van der Waals surface area contributed by atoms with Gasteiger partial charge < -0.3 is 14.7 Å². The molecule has 3 nitrogen and oxygen atoms in total. The Labute approximate surface area is 178 Å². The van der Waals surface area contributed by atoms with E-state index in [0.717, 1.165) is 6.04 Å². The zero-order valence-corrected chi connectivity index (χ0v) is 19.8. The Morgan fingerprint density at radius 3 is 1.39 bits per heavy atom. The van der Waals surface area contributed by atoms with Crippen LogP contribution in [-0.4, -0.2) is 69.9 Å². The van der Waals surface area contributed by atoms with E-state index < -0.39 is 0 Å². The average Bonchev–Trinajstić information content (AvgIpc) is 2.77. The summed E-state index contributed by atoms with van der Waals surface area (Å²) in [6.07, 6.45) is 23.3. The molecular formula is C24H44N3Si. The van der Waals surface area contributed by atoms with Gasteiger partial charge in [-0.2, -0.15) is 0 Å². The van der Waals surface area contributed by atoms with Crippen molar-refractivity contribution in [3.05, 3.63) is 11.9 Å². The number of nitrogens with zero attached hydrogens (tertiary/aromatic N) is 3. The van der Waals surface area contributed by atoms with Gasteiger partial charge in [-0.05, 0) is 51.6 Å². The highest BCUT2D eigenvalue weighted by Crippen LogP contribution is 2.30. The number of rotatable bonds is 7. The van der Waals surface area contributed by atoms with E-state index in [2.05, 4.69) is 52.2 Å². The molecule has 3 radical (unpaired) electrons. The van der Waals surface area contributed by atoms with Crippen LogP contribution in [0.4, 0.5) is 0 Å². The summed E-state index contributed by atoms with van der Waals surface area (Å²) in [5.41, 5.74) is 0.315. The second kappa shape index (κ2) is 11.1. The monoisotopic (exact) mass is 402 g/mol. The second-order valence-corrected chi connectivity index (χ2v) is 10.3. The molecule has 3 aliphatic rings. The van der Waals surface area contributed by atoms with Gasteiger partial charge in [0.2, 0.25) is 0 Å². The summed E-state index contributed by atoms with van der Waals surface area (Å²) in [7, 11) is 11.2. The van der Waals surface area contributed by atoms with Gasteiger partial charge in [0.05, 0.1) is 10.2 Å². The molecule has 0 saturated heterocycles. The molecule has 159 valence electrons. The Morgan fingerprint density at radius 1 is 0.643 bits per heavy atom. The molecule has 0 aromatic rings. The van der Waals surface area contributed by atoms with Crippen molar-refractivity contribution in [1.29, 1.82) is 0 Å². The van der Waals surface area contributed by atoms with Gasteiger partial charge in [0.15, 0.2) is 0 Å². The normalized spacial score (nSPS) is 24.2. The largest absolute Gasteiger partial charge is 0.359 e. The van der Waals surface area contributed by atoms with Gasteiger partial charge in [-0.25, -0.2) is 0 Å². The highest BCUT2D eigenvalue weighted by molar-refractivity contribution is 6.13. The van der Waals surface area contributed by atoms with Crippen molar-refractivity contribution in [3.8, 4) is 0 Å². The fourth-order valence-electron chi connectivity index (χ4n) is 5.77. The lowest BCUT2D eigenvalue weighted by Crippen LogP contribution is -2.46. The Bertz CT molecular complexity index is 450. The van der Waals surface area contributed by atoms with Crippen molar-refractivity contribution in [2.45, 2.75) is 120 Å². The average molecular weight is 403 g/mol. The van der Waals surface area contributed by atoms with Crippen LogP contribution in [0.15, 0.2) is 11.9 Å². The van der Waals surface area contributed by atoms with Gasteiger partial charge in [-0.15, -0.1) is 0 Å². The summed E-state index contributed by atoms with van der Waals surface area (Å²) in [5, 5.41) is 0. The first-order valence-electron chi connectivity index (χ1n) is 12.2. The van der Waals surface area contributed by atoms with E-state index in [1.54, 1.807) is 0 Å². The molecule has 0 spiro atoms. The Hall–Kier alpha value is -0.483. The predicted molar refractivity (Wildman–Crippen MR) is 122 cm³/mol. The summed E-state index contributed by atoms with van der Waals surface area (Å²) >= 11 is 0. The summed E-state index contributed by atoms with van der Waals surface area (Å²) in [4.78, 5) is 7.85. The lowest BCUT2D eigenvalue weighted by Gasteiger charge is -2.44. The second-order valence-electron chi connectivity index (χ2n) is 9.73. The number of likely N-dealkylation sites (N-methyl/N-ethyl adjacent to an activating group) is 1. The topological polar surface area (TPSA) is 9.72 Å². The molecule has 3 saturated carbocycles. The molecule has 1 atom stereocenters. The van der Waals surface area contributed by atoms with E-state index in [0.29, 0.717) is 17.7 Å². The van der Waals surface area contributed by atoms with E-state index in [-0.39, 0.29) is 0 Å². The van der Waals surface area contributed by atoms with Gasteiger partial charge in [0, 0.05) is 37.9 Å². The van der Waals surface area contributed by atoms with E-state index in [9.17, 15) is 0 Å². The van der Waals surface area contributed by atoms with E-state index in [1.165, 1.54) is 102 Å². The molecule has 0 heterocycles. The summed E-state index contributed by atoms with van der Waals surface area (Å²) in [5.74, 6) is 1.46. The van der Waals surface area contributed by atoms with Crippen molar-refractivity contribution in [2.75, 3.05) is 21.1 Å². The molecule has 0 amide bonds. The molecule has 3 fully saturated rings. The van der Waals surface area contributed by atoms with Gasteiger partial charge in [0.1, 0.15) is 5.82 Å². The molecule has 0 N–H and O–H groups in total. The quantitative estimate of drug-likeness (QED) is 0.548. The maximum absolute atomic E-state index is 4.12. The van der Waals surface area contributed by atoms with Crippen LogP contribution in [0, 0.1) is 0 Å². The first-order chi connectivity index (χ1) is 13.6. The Balaban J connectivity index is 1.75. The third kappa shape index (κ3) is 5.78. The summed E-state index contributed by atoms with van der Waals surface area (Å²) < 4.78 is 0. The van der Waals surface area contributed by atoms with Crippen LogP contribution in [0.5, 0.6) is 0 Å². The Kier molecular flexibility index (Phi) is 8.77. The standard InChI is InChI=1S/C24H44N3Si/c1-25(20-13-7-4-8-14-20)23(26(2)21-15-9-5-10-16-21)19-24(28)27(3)22-17-11-6-12-18-22/h19-22,24H,4-18H2,1-3H3. The molecule has 3 aliphatic carbocycles. The summed E-state index contributed by atoms with van der Waals surface area (Å²) in [6, 6.07) is 2.16. The minimum absolute atomic E-state index is 0.315. The van der Waals surface area contributed by atoms with Gasteiger partial charge in [-0.1, -0.05) is 57.8 Å². The highest BCUT2D eigenvalue weighted by atomic mass is 28.1. The third-order valence-electron chi connectivity index (χ3n) is 7.86. The molecule has 3 rings (SSSR count). The summed E-state index contributed by atoms with van der Waals surface area (Å²) in [6.45, 7) is 0.